The molecular formula is C16H23N3O3. The molecule has 1 aliphatic heterocycles. The van der Waals surface area contributed by atoms with Gasteiger partial charge >= 0.3 is 0 Å². The lowest BCUT2D eigenvalue weighted by molar-refractivity contribution is -0.128. The number of morpholine rings is 1. The number of aryl methyl sites for hydroxylation is 1. The van der Waals surface area contributed by atoms with Crippen LogP contribution in [0.5, 0.6) is 0 Å². The van der Waals surface area contributed by atoms with Crippen LogP contribution in [0.15, 0.2) is 24.3 Å². The first-order valence-electron chi connectivity index (χ1n) is 7.55. The second-order valence-electron chi connectivity index (χ2n) is 5.42. The molecule has 1 saturated heterocycles. The van der Waals surface area contributed by atoms with Gasteiger partial charge in [-0.3, -0.25) is 9.59 Å². The van der Waals surface area contributed by atoms with Gasteiger partial charge in [0.2, 0.25) is 5.91 Å². The normalized spacial score (nSPS) is 21.2. The lowest BCUT2D eigenvalue weighted by Gasteiger charge is -2.29. The van der Waals surface area contributed by atoms with Gasteiger partial charge in [-0.1, -0.05) is 17.7 Å². The largest absolute Gasteiger partial charge is 0.375 e. The minimum atomic E-state index is -0.332. The summed E-state index contributed by atoms with van der Waals surface area (Å²) >= 11 is 0. The first kappa shape index (κ1) is 16.5. The highest BCUT2D eigenvalue weighted by molar-refractivity contribution is 5.94. The maximum Gasteiger partial charge on any atom is 0.251 e. The van der Waals surface area contributed by atoms with Gasteiger partial charge in [-0.05, 0) is 26.0 Å². The van der Waals surface area contributed by atoms with E-state index in [4.69, 9.17) is 4.74 Å². The Bertz CT molecular complexity index is 533. The molecule has 6 nitrogen and oxygen atoms in total. The van der Waals surface area contributed by atoms with Crippen LogP contribution in [0.1, 0.15) is 22.8 Å². The molecule has 0 spiro atoms. The van der Waals surface area contributed by atoms with Crippen molar-refractivity contribution in [3.8, 4) is 0 Å². The highest BCUT2D eigenvalue weighted by Gasteiger charge is 2.27. The number of hydrogen-bond acceptors (Lipinski definition) is 4. The smallest absolute Gasteiger partial charge is 0.251 e. The molecule has 1 heterocycles. The molecule has 0 radical (unpaired) electrons. The van der Waals surface area contributed by atoms with Gasteiger partial charge in [0.15, 0.2) is 0 Å². The predicted molar refractivity (Wildman–Crippen MR) is 83.7 cm³/mol. The molecule has 2 atom stereocenters. The molecule has 1 aromatic rings. The van der Waals surface area contributed by atoms with Crippen molar-refractivity contribution in [1.29, 1.82) is 0 Å². The Kier molecular flexibility index (Phi) is 5.91. The Morgan fingerprint density at radius 2 is 2.09 bits per heavy atom. The minimum absolute atomic E-state index is 0.1000. The molecule has 22 heavy (non-hydrogen) atoms. The number of nitrogens with one attached hydrogen (secondary N) is 3. The number of amides is 2. The van der Waals surface area contributed by atoms with E-state index >= 15 is 0 Å². The van der Waals surface area contributed by atoms with Gasteiger partial charge in [-0.25, -0.2) is 0 Å². The highest BCUT2D eigenvalue weighted by atomic mass is 16.5. The molecule has 0 aromatic heterocycles. The molecule has 0 saturated carbocycles. The Hall–Kier alpha value is -1.92. The standard InChI is InChI=1S/C16H23N3O3/c1-11-4-3-5-13(10-11)15(20)18-6-7-19-16(21)14-12(2)22-9-8-17-14/h3-5,10,12,14,17H,6-9H2,1-2H3,(H,18,20)(H,19,21)/t12-,14+/m1/s1. The lowest BCUT2D eigenvalue weighted by Crippen LogP contribution is -2.56. The van der Waals surface area contributed by atoms with Crippen LogP contribution < -0.4 is 16.0 Å². The minimum Gasteiger partial charge on any atom is -0.375 e. The Balaban J connectivity index is 1.70. The summed E-state index contributed by atoms with van der Waals surface area (Å²) in [4.78, 5) is 23.9. The van der Waals surface area contributed by atoms with E-state index in [1.165, 1.54) is 0 Å². The van der Waals surface area contributed by atoms with E-state index in [9.17, 15) is 9.59 Å². The van der Waals surface area contributed by atoms with E-state index < -0.39 is 0 Å². The fourth-order valence-corrected chi connectivity index (χ4v) is 2.39. The summed E-state index contributed by atoms with van der Waals surface area (Å²) < 4.78 is 5.43. The molecule has 120 valence electrons. The monoisotopic (exact) mass is 305 g/mol. The third-order valence-corrected chi connectivity index (χ3v) is 3.59. The van der Waals surface area contributed by atoms with Gasteiger partial charge in [-0.15, -0.1) is 0 Å². The number of ether oxygens (including phenoxy) is 1. The fraction of sp³-hybridized carbons (Fsp3) is 0.500. The first-order valence-corrected chi connectivity index (χ1v) is 7.55. The van der Waals surface area contributed by atoms with Crippen LogP contribution in [0.2, 0.25) is 0 Å². The maximum atomic E-state index is 12.0. The van der Waals surface area contributed by atoms with Crippen LogP contribution in [0.3, 0.4) is 0 Å². The van der Waals surface area contributed by atoms with Crippen molar-refractivity contribution in [2.75, 3.05) is 26.2 Å². The molecule has 1 fully saturated rings. The van der Waals surface area contributed by atoms with Crippen molar-refractivity contribution in [3.05, 3.63) is 35.4 Å². The summed E-state index contributed by atoms with van der Waals surface area (Å²) in [7, 11) is 0. The van der Waals surface area contributed by atoms with Crippen molar-refractivity contribution >= 4 is 11.8 Å². The van der Waals surface area contributed by atoms with Crippen molar-refractivity contribution in [1.82, 2.24) is 16.0 Å². The van der Waals surface area contributed by atoms with E-state index in [-0.39, 0.29) is 24.0 Å². The van der Waals surface area contributed by atoms with E-state index in [2.05, 4.69) is 16.0 Å². The zero-order chi connectivity index (χ0) is 15.9. The van der Waals surface area contributed by atoms with E-state index in [0.29, 0.717) is 31.8 Å². The van der Waals surface area contributed by atoms with E-state index in [1.807, 2.05) is 32.0 Å². The van der Waals surface area contributed by atoms with Crippen molar-refractivity contribution in [2.45, 2.75) is 26.0 Å². The van der Waals surface area contributed by atoms with Gasteiger partial charge < -0.3 is 20.7 Å². The SMILES string of the molecule is Cc1cccc(C(=O)NCCNC(=O)[C@H]2NCCO[C@@H]2C)c1. The number of rotatable bonds is 5. The maximum absolute atomic E-state index is 12.0. The van der Waals surface area contributed by atoms with Crippen molar-refractivity contribution in [2.24, 2.45) is 0 Å². The molecule has 3 N–H and O–H groups in total. The lowest BCUT2D eigenvalue weighted by atomic mass is 10.1. The van der Waals surface area contributed by atoms with E-state index in [0.717, 1.165) is 5.56 Å². The van der Waals surface area contributed by atoms with Crippen LogP contribution in [0.4, 0.5) is 0 Å². The summed E-state index contributed by atoms with van der Waals surface area (Å²) in [5, 5.41) is 8.72. The molecular weight excluding hydrogens is 282 g/mol. The van der Waals surface area contributed by atoms with Crippen LogP contribution >= 0.6 is 0 Å². The van der Waals surface area contributed by atoms with E-state index in [1.54, 1.807) is 6.07 Å². The average Bonchev–Trinajstić information content (AvgIpc) is 2.51. The molecule has 2 amide bonds. The van der Waals surface area contributed by atoms with Gasteiger partial charge in [0.05, 0.1) is 12.7 Å². The molecule has 6 heteroatoms. The molecule has 1 aliphatic rings. The van der Waals surface area contributed by atoms with Gasteiger partial charge in [0.25, 0.3) is 5.91 Å². The summed E-state index contributed by atoms with van der Waals surface area (Å²) in [5.41, 5.74) is 1.67. The Morgan fingerprint density at radius 1 is 1.32 bits per heavy atom. The summed E-state index contributed by atoms with van der Waals surface area (Å²) in [6.07, 6.45) is -0.143. The third kappa shape index (κ3) is 4.54. The zero-order valence-corrected chi connectivity index (χ0v) is 13.0. The summed E-state index contributed by atoms with van der Waals surface area (Å²) in [6, 6.07) is 7.06. The van der Waals surface area contributed by atoms with Gasteiger partial charge in [0, 0.05) is 25.2 Å². The molecule has 2 rings (SSSR count). The van der Waals surface area contributed by atoms with Crippen LogP contribution in [0.25, 0.3) is 0 Å². The summed E-state index contributed by atoms with van der Waals surface area (Å²) in [6.45, 7) is 5.89. The second-order valence-corrected chi connectivity index (χ2v) is 5.42. The number of carbonyl (C=O) groups excluding carboxylic acids is 2. The quantitative estimate of drug-likeness (QED) is 0.680. The fourth-order valence-electron chi connectivity index (χ4n) is 2.39. The molecule has 1 aromatic carbocycles. The Morgan fingerprint density at radius 3 is 2.82 bits per heavy atom. The topological polar surface area (TPSA) is 79.5 Å². The van der Waals surface area contributed by atoms with Crippen LogP contribution in [-0.2, 0) is 9.53 Å². The second kappa shape index (κ2) is 7.91. The molecule has 0 bridgehead atoms. The third-order valence-electron chi connectivity index (χ3n) is 3.59. The number of benzene rings is 1. The van der Waals surface area contributed by atoms with Gasteiger partial charge in [-0.2, -0.15) is 0 Å². The number of carbonyl (C=O) groups is 2. The van der Waals surface area contributed by atoms with Crippen molar-refractivity contribution in [3.63, 3.8) is 0 Å². The molecule has 0 unspecified atom stereocenters. The Labute approximate surface area is 130 Å². The highest BCUT2D eigenvalue weighted by Crippen LogP contribution is 2.04. The first-order chi connectivity index (χ1) is 10.6. The average molecular weight is 305 g/mol. The van der Waals surface area contributed by atoms with Gasteiger partial charge in [0.1, 0.15) is 6.04 Å². The van der Waals surface area contributed by atoms with Crippen LogP contribution in [-0.4, -0.2) is 50.2 Å². The predicted octanol–water partition coefficient (Wildman–Crippen LogP) is 0.218. The summed E-state index contributed by atoms with van der Waals surface area (Å²) in [5.74, 6) is -0.234. The van der Waals surface area contributed by atoms with Crippen molar-refractivity contribution < 1.29 is 14.3 Å². The zero-order valence-electron chi connectivity index (χ0n) is 13.0. The molecule has 0 aliphatic carbocycles. The number of hydrogen-bond donors (Lipinski definition) is 3. The van der Waals surface area contributed by atoms with Crippen LogP contribution in [0, 0.1) is 6.92 Å².